The van der Waals surface area contributed by atoms with Crippen LogP contribution in [0.25, 0.3) is 10.8 Å². The molecule has 4 aromatic rings. The van der Waals surface area contributed by atoms with Gasteiger partial charge < -0.3 is 4.74 Å². The van der Waals surface area contributed by atoms with Gasteiger partial charge in [0.2, 0.25) is 10.0 Å². The lowest BCUT2D eigenvalue weighted by molar-refractivity contribution is 0.306. The number of ether oxygens (including phenoxy) is 1. The molecule has 4 nitrogen and oxygen atoms in total. The predicted octanol–water partition coefficient (Wildman–Crippen LogP) is 5.86. The standard InChI is InChI=1S/C26H23NO3S2/c28-32(29,25-15-12-21-8-4-5-9-23(21)18-25)27-16-17-31-26(27)22-10-13-24(14-11-22)30-19-20-6-2-1-3-7-20/h1-15,18,26H,16-17,19H2. The number of benzene rings is 4. The normalized spacial score (nSPS) is 16.9. The van der Waals surface area contributed by atoms with Crippen LogP contribution in [-0.2, 0) is 16.6 Å². The third-order valence-electron chi connectivity index (χ3n) is 5.59. The third-order valence-corrected chi connectivity index (χ3v) is 8.84. The van der Waals surface area contributed by atoms with Gasteiger partial charge in [-0.15, -0.1) is 11.8 Å². The fraction of sp³-hybridized carbons (Fsp3) is 0.154. The molecule has 162 valence electrons. The van der Waals surface area contributed by atoms with E-state index in [0.717, 1.165) is 33.4 Å². The Balaban J connectivity index is 1.35. The van der Waals surface area contributed by atoms with Crippen LogP contribution in [0, 0.1) is 0 Å². The summed E-state index contributed by atoms with van der Waals surface area (Å²) in [6.45, 7) is 0.998. The first kappa shape index (κ1) is 21.1. The molecule has 0 amide bonds. The van der Waals surface area contributed by atoms with Crippen LogP contribution >= 0.6 is 11.8 Å². The second kappa shape index (κ2) is 8.98. The molecule has 1 fully saturated rings. The number of hydrogen-bond acceptors (Lipinski definition) is 4. The van der Waals surface area contributed by atoms with Gasteiger partial charge in [0.15, 0.2) is 0 Å². The molecular formula is C26H23NO3S2. The molecule has 0 spiro atoms. The highest BCUT2D eigenvalue weighted by Gasteiger charge is 2.36. The summed E-state index contributed by atoms with van der Waals surface area (Å²) < 4.78 is 34.4. The van der Waals surface area contributed by atoms with Crippen molar-refractivity contribution in [2.24, 2.45) is 0 Å². The van der Waals surface area contributed by atoms with Crippen LogP contribution in [0.2, 0.25) is 0 Å². The maximum atomic E-state index is 13.5. The summed E-state index contributed by atoms with van der Waals surface area (Å²) in [5, 5.41) is 1.72. The van der Waals surface area contributed by atoms with Gasteiger partial charge in [0.05, 0.1) is 10.3 Å². The van der Waals surface area contributed by atoms with E-state index in [4.69, 9.17) is 4.74 Å². The van der Waals surface area contributed by atoms with E-state index in [1.807, 2.05) is 84.9 Å². The average Bonchev–Trinajstić information content (AvgIpc) is 3.34. The van der Waals surface area contributed by atoms with Crippen molar-refractivity contribution in [2.75, 3.05) is 12.3 Å². The summed E-state index contributed by atoms with van der Waals surface area (Å²) in [7, 11) is -3.60. The van der Waals surface area contributed by atoms with E-state index in [2.05, 4.69) is 0 Å². The third kappa shape index (κ3) is 4.26. The highest BCUT2D eigenvalue weighted by atomic mass is 32.2. The first-order chi connectivity index (χ1) is 15.6. The number of rotatable bonds is 6. The lowest BCUT2D eigenvalue weighted by Gasteiger charge is -2.24. The molecule has 5 rings (SSSR count). The highest BCUT2D eigenvalue weighted by molar-refractivity contribution is 8.01. The van der Waals surface area contributed by atoms with Crippen LogP contribution in [0.4, 0.5) is 0 Å². The van der Waals surface area contributed by atoms with Crippen molar-refractivity contribution in [3.8, 4) is 5.75 Å². The fourth-order valence-electron chi connectivity index (χ4n) is 3.90. The van der Waals surface area contributed by atoms with Crippen molar-refractivity contribution in [3.63, 3.8) is 0 Å². The van der Waals surface area contributed by atoms with Crippen LogP contribution < -0.4 is 4.74 Å². The minimum atomic E-state index is -3.60. The van der Waals surface area contributed by atoms with Crippen molar-refractivity contribution < 1.29 is 13.2 Å². The zero-order valence-corrected chi connectivity index (χ0v) is 19.1. The van der Waals surface area contributed by atoms with Crippen LogP contribution in [0.5, 0.6) is 5.75 Å². The van der Waals surface area contributed by atoms with Gasteiger partial charge >= 0.3 is 0 Å². The molecule has 1 aliphatic heterocycles. The topological polar surface area (TPSA) is 46.6 Å². The Hall–Kier alpha value is -2.80. The SMILES string of the molecule is O=S(=O)(c1ccc2ccccc2c1)N1CCSC1c1ccc(OCc2ccccc2)cc1. The quantitative estimate of drug-likeness (QED) is 0.361. The molecule has 32 heavy (non-hydrogen) atoms. The van der Waals surface area contributed by atoms with E-state index in [0.29, 0.717) is 18.0 Å². The molecular weight excluding hydrogens is 438 g/mol. The van der Waals surface area contributed by atoms with E-state index in [1.165, 1.54) is 0 Å². The smallest absolute Gasteiger partial charge is 0.244 e. The molecule has 1 atom stereocenters. The molecule has 6 heteroatoms. The summed E-state index contributed by atoms with van der Waals surface area (Å²) in [6.07, 6.45) is 0. The molecule has 1 heterocycles. The number of sulfonamides is 1. The van der Waals surface area contributed by atoms with Crippen LogP contribution in [-0.4, -0.2) is 25.0 Å². The molecule has 0 N–H and O–H groups in total. The van der Waals surface area contributed by atoms with Gasteiger partial charge in [0.25, 0.3) is 0 Å². The minimum absolute atomic E-state index is 0.241. The first-order valence-corrected chi connectivity index (χ1v) is 13.0. The Bertz CT molecular complexity index is 1320. The molecule has 0 bridgehead atoms. The van der Waals surface area contributed by atoms with Gasteiger partial charge in [-0.1, -0.05) is 72.8 Å². The monoisotopic (exact) mass is 461 g/mol. The van der Waals surface area contributed by atoms with Gasteiger partial charge in [0, 0.05) is 12.3 Å². The lowest BCUT2D eigenvalue weighted by Crippen LogP contribution is -2.30. The largest absolute Gasteiger partial charge is 0.489 e. The molecule has 0 saturated carbocycles. The predicted molar refractivity (Wildman–Crippen MR) is 130 cm³/mol. The summed E-state index contributed by atoms with van der Waals surface area (Å²) in [6, 6.07) is 30.9. The van der Waals surface area contributed by atoms with Gasteiger partial charge in [-0.25, -0.2) is 8.42 Å². The Kier molecular flexibility index (Phi) is 5.91. The van der Waals surface area contributed by atoms with Gasteiger partial charge in [-0.05, 0) is 46.2 Å². The second-order valence-electron chi connectivity index (χ2n) is 7.69. The van der Waals surface area contributed by atoms with Crippen molar-refractivity contribution in [3.05, 3.63) is 108 Å². The fourth-order valence-corrected chi connectivity index (χ4v) is 7.17. The first-order valence-electron chi connectivity index (χ1n) is 10.5. The van der Waals surface area contributed by atoms with Crippen LogP contribution in [0.1, 0.15) is 16.5 Å². The maximum absolute atomic E-state index is 13.5. The van der Waals surface area contributed by atoms with Crippen molar-refractivity contribution in [2.45, 2.75) is 16.9 Å². The summed E-state index contributed by atoms with van der Waals surface area (Å²) >= 11 is 1.65. The van der Waals surface area contributed by atoms with E-state index in [9.17, 15) is 8.42 Å². The molecule has 1 unspecified atom stereocenters. The van der Waals surface area contributed by atoms with Crippen LogP contribution in [0.15, 0.2) is 102 Å². The molecule has 0 aromatic heterocycles. The Morgan fingerprint density at radius 3 is 2.34 bits per heavy atom. The van der Waals surface area contributed by atoms with E-state index >= 15 is 0 Å². The minimum Gasteiger partial charge on any atom is -0.489 e. The number of thioether (sulfide) groups is 1. The highest BCUT2D eigenvalue weighted by Crippen LogP contribution is 2.42. The van der Waals surface area contributed by atoms with Crippen molar-refractivity contribution in [1.82, 2.24) is 4.31 Å². The van der Waals surface area contributed by atoms with Crippen LogP contribution in [0.3, 0.4) is 0 Å². The number of fused-ring (bicyclic) bond motifs is 1. The Labute approximate surface area is 192 Å². The molecule has 4 aromatic carbocycles. The van der Waals surface area contributed by atoms with E-state index < -0.39 is 10.0 Å². The maximum Gasteiger partial charge on any atom is 0.244 e. The molecule has 0 aliphatic carbocycles. The zero-order chi connectivity index (χ0) is 22.0. The Morgan fingerprint density at radius 2 is 1.56 bits per heavy atom. The Morgan fingerprint density at radius 1 is 0.844 bits per heavy atom. The lowest BCUT2D eigenvalue weighted by atomic mass is 10.1. The zero-order valence-electron chi connectivity index (χ0n) is 17.4. The van der Waals surface area contributed by atoms with Gasteiger partial charge in [-0.2, -0.15) is 4.31 Å². The van der Waals surface area contributed by atoms with Gasteiger partial charge in [0.1, 0.15) is 12.4 Å². The second-order valence-corrected chi connectivity index (χ2v) is 10.8. The number of hydrogen-bond donors (Lipinski definition) is 0. The summed E-state index contributed by atoms with van der Waals surface area (Å²) in [4.78, 5) is 0.339. The molecule has 0 radical (unpaired) electrons. The molecule has 1 saturated heterocycles. The summed E-state index contributed by atoms with van der Waals surface area (Å²) in [5.74, 6) is 1.54. The van der Waals surface area contributed by atoms with Crippen molar-refractivity contribution in [1.29, 1.82) is 0 Å². The number of nitrogens with zero attached hydrogens (tertiary/aromatic N) is 1. The average molecular weight is 462 g/mol. The van der Waals surface area contributed by atoms with E-state index in [-0.39, 0.29) is 5.37 Å². The summed E-state index contributed by atoms with van der Waals surface area (Å²) in [5.41, 5.74) is 2.07. The van der Waals surface area contributed by atoms with Gasteiger partial charge in [-0.3, -0.25) is 0 Å². The van der Waals surface area contributed by atoms with E-state index in [1.54, 1.807) is 28.2 Å². The van der Waals surface area contributed by atoms with Crippen molar-refractivity contribution >= 4 is 32.6 Å². The molecule has 1 aliphatic rings.